The Kier molecular flexibility index (Phi) is 5.20. The summed E-state index contributed by atoms with van der Waals surface area (Å²) >= 11 is 0. The molecule has 5 nitrogen and oxygen atoms in total. The molecule has 0 fully saturated rings. The van der Waals surface area contributed by atoms with Gasteiger partial charge in [0.05, 0.1) is 11.2 Å². The molecule has 1 heterocycles. The highest BCUT2D eigenvalue weighted by atomic mass is 16.6. The second kappa shape index (κ2) is 7.11. The van der Waals surface area contributed by atoms with Gasteiger partial charge in [0.1, 0.15) is 5.60 Å². The number of aromatic nitrogens is 1. The third-order valence-electron chi connectivity index (χ3n) is 2.97. The smallest absolute Gasteiger partial charge is 0.407 e. The van der Waals surface area contributed by atoms with Crippen LogP contribution >= 0.6 is 0 Å². The minimum Gasteiger partial charge on any atom is -0.444 e. The molecule has 1 amide bonds. The van der Waals surface area contributed by atoms with E-state index in [1.807, 2.05) is 51.1 Å². The number of anilines is 1. The third-order valence-corrected chi connectivity index (χ3v) is 2.97. The molecule has 0 radical (unpaired) electrons. The predicted molar refractivity (Wildman–Crippen MR) is 89.1 cm³/mol. The summed E-state index contributed by atoms with van der Waals surface area (Å²) in [6, 6.07) is 10.0. The number of hydrogen-bond acceptors (Lipinski definition) is 4. The second-order valence-corrected chi connectivity index (χ2v) is 6.09. The molecule has 0 unspecified atom stereocenters. The maximum atomic E-state index is 11.5. The fourth-order valence-electron chi connectivity index (χ4n) is 2.06. The zero-order valence-corrected chi connectivity index (χ0v) is 13.3. The van der Waals surface area contributed by atoms with Crippen LogP contribution in [0.1, 0.15) is 27.2 Å². The molecule has 118 valence electrons. The minimum absolute atomic E-state index is 0.376. The number of para-hydroxylation sites is 1. The van der Waals surface area contributed by atoms with Crippen molar-refractivity contribution in [2.45, 2.75) is 32.8 Å². The van der Waals surface area contributed by atoms with Crippen molar-refractivity contribution in [3.8, 4) is 0 Å². The average molecular weight is 301 g/mol. The van der Waals surface area contributed by atoms with Gasteiger partial charge in [0.15, 0.2) is 0 Å². The zero-order valence-electron chi connectivity index (χ0n) is 13.3. The predicted octanol–water partition coefficient (Wildman–Crippen LogP) is 3.56. The van der Waals surface area contributed by atoms with Gasteiger partial charge in [-0.3, -0.25) is 4.98 Å². The monoisotopic (exact) mass is 301 g/mol. The van der Waals surface area contributed by atoms with Crippen LogP contribution in [0.3, 0.4) is 0 Å². The van der Waals surface area contributed by atoms with Crippen molar-refractivity contribution in [3.05, 3.63) is 36.5 Å². The van der Waals surface area contributed by atoms with Crippen LogP contribution in [0.2, 0.25) is 0 Å². The van der Waals surface area contributed by atoms with Gasteiger partial charge in [-0.25, -0.2) is 4.79 Å². The van der Waals surface area contributed by atoms with Crippen molar-refractivity contribution in [2.24, 2.45) is 0 Å². The van der Waals surface area contributed by atoms with Crippen LogP contribution in [0.4, 0.5) is 10.5 Å². The molecule has 2 N–H and O–H groups in total. The zero-order chi connectivity index (χ0) is 16.0. The highest BCUT2D eigenvalue weighted by molar-refractivity contribution is 5.90. The van der Waals surface area contributed by atoms with E-state index in [4.69, 9.17) is 4.74 Å². The van der Waals surface area contributed by atoms with Crippen LogP contribution < -0.4 is 10.6 Å². The molecule has 1 aromatic heterocycles. The molecule has 2 aromatic rings. The first-order valence-electron chi connectivity index (χ1n) is 7.50. The van der Waals surface area contributed by atoms with E-state index < -0.39 is 5.60 Å². The first kappa shape index (κ1) is 16.1. The number of amides is 1. The van der Waals surface area contributed by atoms with E-state index in [1.54, 1.807) is 6.20 Å². The molecule has 0 aliphatic rings. The fraction of sp³-hybridized carbons (Fsp3) is 0.412. The van der Waals surface area contributed by atoms with Gasteiger partial charge in [-0.2, -0.15) is 0 Å². The molecule has 0 aliphatic heterocycles. The normalized spacial score (nSPS) is 11.2. The van der Waals surface area contributed by atoms with E-state index in [9.17, 15) is 4.79 Å². The highest BCUT2D eigenvalue weighted by Gasteiger charge is 2.15. The maximum Gasteiger partial charge on any atom is 0.407 e. The topological polar surface area (TPSA) is 63.2 Å². The number of benzene rings is 1. The summed E-state index contributed by atoms with van der Waals surface area (Å²) in [6.07, 6.45) is 2.22. The number of rotatable bonds is 5. The maximum absolute atomic E-state index is 11.5. The van der Waals surface area contributed by atoms with Crippen molar-refractivity contribution in [1.29, 1.82) is 0 Å². The molecule has 0 atom stereocenters. The molecular formula is C17H23N3O2. The van der Waals surface area contributed by atoms with Gasteiger partial charge in [-0.1, -0.05) is 18.2 Å². The molecule has 0 aliphatic carbocycles. The van der Waals surface area contributed by atoms with Gasteiger partial charge in [0.25, 0.3) is 0 Å². The first-order chi connectivity index (χ1) is 10.5. The SMILES string of the molecule is CC(C)(C)OC(=O)NCCCNc1cccc2cccnc12. The lowest BCUT2D eigenvalue weighted by molar-refractivity contribution is 0.0528. The molecule has 0 bridgehead atoms. The lowest BCUT2D eigenvalue weighted by Crippen LogP contribution is -2.33. The number of fused-ring (bicyclic) bond motifs is 1. The van der Waals surface area contributed by atoms with E-state index in [0.29, 0.717) is 6.54 Å². The first-order valence-corrected chi connectivity index (χ1v) is 7.50. The molecule has 2 rings (SSSR count). The van der Waals surface area contributed by atoms with Crippen LogP contribution in [-0.2, 0) is 4.74 Å². The van der Waals surface area contributed by atoms with Gasteiger partial charge in [-0.15, -0.1) is 0 Å². The van der Waals surface area contributed by atoms with E-state index in [1.165, 1.54) is 0 Å². The van der Waals surface area contributed by atoms with Crippen LogP contribution in [0, 0.1) is 0 Å². The van der Waals surface area contributed by atoms with Crippen LogP contribution in [-0.4, -0.2) is 29.8 Å². The van der Waals surface area contributed by atoms with Gasteiger partial charge in [0, 0.05) is 24.7 Å². The molecule has 22 heavy (non-hydrogen) atoms. The van der Waals surface area contributed by atoms with Crippen LogP contribution in [0.15, 0.2) is 36.5 Å². The van der Waals surface area contributed by atoms with Crippen LogP contribution in [0.5, 0.6) is 0 Å². The Balaban J connectivity index is 1.76. The van der Waals surface area contributed by atoms with E-state index >= 15 is 0 Å². The average Bonchev–Trinajstić information content (AvgIpc) is 2.45. The van der Waals surface area contributed by atoms with Gasteiger partial charge < -0.3 is 15.4 Å². The van der Waals surface area contributed by atoms with Crippen molar-refractivity contribution < 1.29 is 9.53 Å². The Labute approximate surface area is 131 Å². The third kappa shape index (κ3) is 4.91. The number of pyridine rings is 1. The number of carbonyl (C=O) groups is 1. The number of nitrogens with zero attached hydrogens (tertiary/aromatic N) is 1. The quantitative estimate of drug-likeness (QED) is 0.829. The Morgan fingerprint density at radius 2 is 1.95 bits per heavy atom. The summed E-state index contributed by atoms with van der Waals surface area (Å²) in [5.41, 5.74) is 1.51. The summed E-state index contributed by atoms with van der Waals surface area (Å²) in [7, 11) is 0. The van der Waals surface area contributed by atoms with Crippen molar-refractivity contribution in [2.75, 3.05) is 18.4 Å². The van der Waals surface area contributed by atoms with Crippen LogP contribution in [0.25, 0.3) is 10.9 Å². The summed E-state index contributed by atoms with van der Waals surface area (Å²) in [6.45, 7) is 6.87. The molecule has 0 saturated carbocycles. The lowest BCUT2D eigenvalue weighted by atomic mass is 10.2. The lowest BCUT2D eigenvalue weighted by Gasteiger charge is -2.19. The van der Waals surface area contributed by atoms with Gasteiger partial charge in [-0.05, 0) is 39.3 Å². The Morgan fingerprint density at radius 1 is 1.18 bits per heavy atom. The number of nitrogens with one attached hydrogen (secondary N) is 2. The molecule has 5 heteroatoms. The summed E-state index contributed by atoms with van der Waals surface area (Å²) in [5.74, 6) is 0. The Hall–Kier alpha value is -2.30. The van der Waals surface area contributed by atoms with Crippen molar-refractivity contribution in [1.82, 2.24) is 10.3 Å². The van der Waals surface area contributed by atoms with Crippen molar-refractivity contribution in [3.63, 3.8) is 0 Å². The van der Waals surface area contributed by atoms with Crippen molar-refractivity contribution >= 4 is 22.7 Å². The van der Waals surface area contributed by atoms with E-state index in [-0.39, 0.29) is 6.09 Å². The van der Waals surface area contributed by atoms with Gasteiger partial charge >= 0.3 is 6.09 Å². The minimum atomic E-state index is -0.461. The standard InChI is InChI=1S/C17H23N3O2/c1-17(2,3)22-16(21)20-12-6-11-18-14-9-4-7-13-8-5-10-19-15(13)14/h4-5,7-10,18H,6,11-12H2,1-3H3,(H,20,21). The highest BCUT2D eigenvalue weighted by Crippen LogP contribution is 2.20. The fourth-order valence-corrected chi connectivity index (χ4v) is 2.06. The summed E-state index contributed by atoms with van der Waals surface area (Å²) < 4.78 is 5.18. The second-order valence-electron chi connectivity index (χ2n) is 6.09. The largest absolute Gasteiger partial charge is 0.444 e. The summed E-state index contributed by atoms with van der Waals surface area (Å²) in [4.78, 5) is 15.9. The van der Waals surface area contributed by atoms with E-state index in [2.05, 4.69) is 15.6 Å². The number of ether oxygens (including phenoxy) is 1. The molecule has 1 aromatic carbocycles. The Bertz CT molecular complexity index is 630. The number of carbonyl (C=O) groups excluding carboxylic acids is 1. The number of hydrogen-bond donors (Lipinski definition) is 2. The number of alkyl carbamates (subject to hydrolysis) is 1. The Morgan fingerprint density at radius 3 is 2.73 bits per heavy atom. The van der Waals surface area contributed by atoms with Gasteiger partial charge in [0.2, 0.25) is 0 Å². The molecule has 0 spiro atoms. The molecule has 0 saturated heterocycles. The van der Waals surface area contributed by atoms with E-state index in [0.717, 1.165) is 29.6 Å². The summed E-state index contributed by atoms with van der Waals surface area (Å²) in [5, 5.41) is 7.21. The molecular weight excluding hydrogens is 278 g/mol.